The van der Waals surface area contributed by atoms with Crippen molar-refractivity contribution in [2.24, 2.45) is 0 Å². The summed E-state index contributed by atoms with van der Waals surface area (Å²) in [6.45, 7) is 5.82. The largest absolute Gasteiger partial charge is 0.338 e. The van der Waals surface area contributed by atoms with E-state index in [1.165, 1.54) is 12.5 Å². The zero-order chi connectivity index (χ0) is 14.7. The number of nitrogens with zero attached hydrogens (tertiary/aromatic N) is 1. The third kappa shape index (κ3) is 3.17. The zero-order valence-electron chi connectivity index (χ0n) is 11.9. The summed E-state index contributed by atoms with van der Waals surface area (Å²) in [5, 5.41) is 1.11. The molecule has 0 unspecified atom stereocenters. The molecule has 1 aromatic carbocycles. The highest BCUT2D eigenvalue weighted by Crippen LogP contribution is 2.22. The number of fused-ring (bicyclic) bond motifs is 1. The Balaban J connectivity index is 2.15. The van der Waals surface area contributed by atoms with Crippen LogP contribution in [-0.4, -0.2) is 16.4 Å². The van der Waals surface area contributed by atoms with Crippen molar-refractivity contribution in [2.75, 3.05) is 0 Å². The standard InChI is InChI=1S/C15H19N3O2/c1-10(2)12-4-5-14-13(8-12)6-7-18(14)9-15(20)17-16-11(3)19/h4-8,10H,9H2,1-3H3,(H,16,19)(H,17,20). The van der Waals surface area contributed by atoms with Crippen LogP contribution in [0.1, 0.15) is 32.3 Å². The van der Waals surface area contributed by atoms with Crippen molar-refractivity contribution in [3.8, 4) is 0 Å². The van der Waals surface area contributed by atoms with Crippen LogP contribution >= 0.6 is 0 Å². The number of aromatic nitrogens is 1. The Kier molecular flexibility index (Phi) is 4.08. The summed E-state index contributed by atoms with van der Waals surface area (Å²) < 4.78 is 1.86. The number of hydrogen-bond donors (Lipinski definition) is 2. The molecule has 106 valence electrons. The van der Waals surface area contributed by atoms with Crippen molar-refractivity contribution in [1.82, 2.24) is 15.4 Å². The third-order valence-electron chi connectivity index (χ3n) is 3.15. The number of amides is 2. The average molecular weight is 273 g/mol. The monoisotopic (exact) mass is 273 g/mol. The molecule has 2 N–H and O–H groups in total. The second-order valence-corrected chi connectivity index (χ2v) is 5.15. The van der Waals surface area contributed by atoms with Crippen LogP contribution < -0.4 is 10.9 Å². The molecule has 0 radical (unpaired) electrons. The van der Waals surface area contributed by atoms with Crippen molar-refractivity contribution in [3.05, 3.63) is 36.0 Å². The third-order valence-corrected chi connectivity index (χ3v) is 3.15. The van der Waals surface area contributed by atoms with Crippen LogP contribution in [0.2, 0.25) is 0 Å². The lowest BCUT2D eigenvalue weighted by molar-refractivity contribution is -0.128. The topological polar surface area (TPSA) is 63.1 Å². The Morgan fingerprint density at radius 3 is 2.60 bits per heavy atom. The van der Waals surface area contributed by atoms with Gasteiger partial charge in [0, 0.05) is 18.6 Å². The summed E-state index contributed by atoms with van der Waals surface area (Å²) in [7, 11) is 0. The molecule has 0 fully saturated rings. The number of rotatable bonds is 3. The number of nitrogens with one attached hydrogen (secondary N) is 2. The molecule has 20 heavy (non-hydrogen) atoms. The average Bonchev–Trinajstić information content (AvgIpc) is 2.79. The lowest BCUT2D eigenvalue weighted by Crippen LogP contribution is -2.41. The summed E-state index contributed by atoms with van der Waals surface area (Å²) in [5.41, 5.74) is 6.92. The molecule has 5 nitrogen and oxygen atoms in total. The van der Waals surface area contributed by atoms with Gasteiger partial charge in [-0.2, -0.15) is 0 Å². The van der Waals surface area contributed by atoms with E-state index in [-0.39, 0.29) is 18.4 Å². The highest BCUT2D eigenvalue weighted by molar-refractivity contribution is 5.85. The maximum atomic E-state index is 11.7. The van der Waals surface area contributed by atoms with E-state index < -0.39 is 0 Å². The number of carbonyl (C=O) groups is 2. The highest BCUT2D eigenvalue weighted by Gasteiger charge is 2.08. The normalized spacial score (nSPS) is 10.8. The molecule has 1 heterocycles. The molecule has 0 aliphatic carbocycles. The van der Waals surface area contributed by atoms with Gasteiger partial charge in [0.1, 0.15) is 6.54 Å². The van der Waals surface area contributed by atoms with Crippen LogP contribution in [0.25, 0.3) is 10.9 Å². The first-order valence-corrected chi connectivity index (χ1v) is 6.61. The van der Waals surface area contributed by atoms with Crippen molar-refractivity contribution < 1.29 is 9.59 Å². The Bertz CT molecular complexity index is 644. The van der Waals surface area contributed by atoms with Crippen molar-refractivity contribution in [2.45, 2.75) is 33.2 Å². The second-order valence-electron chi connectivity index (χ2n) is 5.15. The molecule has 2 amide bonds. The van der Waals surface area contributed by atoms with Crippen LogP contribution in [0.3, 0.4) is 0 Å². The molecule has 0 saturated heterocycles. The maximum Gasteiger partial charge on any atom is 0.258 e. The predicted octanol–water partition coefficient (Wildman–Crippen LogP) is 1.93. The molecule has 0 saturated carbocycles. The van der Waals surface area contributed by atoms with Gasteiger partial charge in [-0.05, 0) is 35.1 Å². The van der Waals surface area contributed by atoms with Crippen LogP contribution in [0.5, 0.6) is 0 Å². The van der Waals surface area contributed by atoms with Gasteiger partial charge in [0.15, 0.2) is 0 Å². The van der Waals surface area contributed by atoms with Gasteiger partial charge in [-0.1, -0.05) is 19.9 Å². The fourth-order valence-corrected chi connectivity index (χ4v) is 2.07. The van der Waals surface area contributed by atoms with Gasteiger partial charge in [-0.15, -0.1) is 0 Å². The quantitative estimate of drug-likeness (QED) is 0.839. The summed E-state index contributed by atoms with van der Waals surface area (Å²) >= 11 is 0. The first kappa shape index (κ1) is 14.1. The second kappa shape index (κ2) is 5.77. The summed E-state index contributed by atoms with van der Waals surface area (Å²) in [6.07, 6.45) is 1.88. The van der Waals surface area contributed by atoms with Gasteiger partial charge in [0.2, 0.25) is 5.91 Å². The van der Waals surface area contributed by atoms with Crippen molar-refractivity contribution >= 4 is 22.7 Å². The highest BCUT2D eigenvalue weighted by atomic mass is 16.2. The minimum absolute atomic E-state index is 0.171. The maximum absolute atomic E-state index is 11.7. The van der Waals surface area contributed by atoms with Crippen LogP contribution in [0.15, 0.2) is 30.5 Å². The van der Waals surface area contributed by atoms with E-state index in [0.29, 0.717) is 5.92 Å². The molecule has 0 aliphatic heterocycles. The zero-order valence-corrected chi connectivity index (χ0v) is 11.9. The van der Waals surface area contributed by atoms with Gasteiger partial charge in [-0.25, -0.2) is 0 Å². The van der Waals surface area contributed by atoms with E-state index >= 15 is 0 Å². The van der Waals surface area contributed by atoms with Gasteiger partial charge < -0.3 is 4.57 Å². The number of benzene rings is 1. The first-order chi connectivity index (χ1) is 9.47. The lowest BCUT2D eigenvalue weighted by Gasteiger charge is -2.09. The summed E-state index contributed by atoms with van der Waals surface area (Å²) in [5.74, 6) is -0.0752. The summed E-state index contributed by atoms with van der Waals surface area (Å²) in [4.78, 5) is 22.4. The molecule has 0 atom stereocenters. The van der Waals surface area contributed by atoms with Gasteiger partial charge in [-0.3, -0.25) is 20.4 Å². The molecule has 0 spiro atoms. The number of carbonyl (C=O) groups excluding carboxylic acids is 2. The van der Waals surface area contributed by atoms with Crippen molar-refractivity contribution in [1.29, 1.82) is 0 Å². The predicted molar refractivity (Wildman–Crippen MR) is 78.0 cm³/mol. The molecular weight excluding hydrogens is 254 g/mol. The smallest absolute Gasteiger partial charge is 0.258 e. The van der Waals surface area contributed by atoms with E-state index in [1.54, 1.807) is 0 Å². The summed E-state index contributed by atoms with van der Waals surface area (Å²) in [6, 6.07) is 8.24. The molecule has 0 bridgehead atoms. The SMILES string of the molecule is CC(=O)NNC(=O)Cn1ccc2cc(C(C)C)ccc21. The molecule has 5 heteroatoms. The van der Waals surface area contributed by atoms with Gasteiger partial charge in [0.25, 0.3) is 5.91 Å². The Morgan fingerprint density at radius 2 is 1.95 bits per heavy atom. The van der Waals surface area contributed by atoms with Crippen LogP contribution in [-0.2, 0) is 16.1 Å². The van der Waals surface area contributed by atoms with E-state index in [2.05, 4.69) is 36.8 Å². The fourth-order valence-electron chi connectivity index (χ4n) is 2.07. The van der Waals surface area contributed by atoms with Crippen molar-refractivity contribution in [3.63, 3.8) is 0 Å². The number of hydrazine groups is 1. The van der Waals surface area contributed by atoms with E-state index in [1.807, 2.05) is 22.9 Å². The molecule has 2 rings (SSSR count). The Hall–Kier alpha value is -2.30. The first-order valence-electron chi connectivity index (χ1n) is 6.61. The lowest BCUT2D eigenvalue weighted by atomic mass is 10.0. The number of hydrogen-bond acceptors (Lipinski definition) is 2. The minimum atomic E-state index is -0.294. The van der Waals surface area contributed by atoms with Gasteiger partial charge >= 0.3 is 0 Å². The van der Waals surface area contributed by atoms with E-state index in [9.17, 15) is 9.59 Å². The molecule has 1 aromatic heterocycles. The van der Waals surface area contributed by atoms with Crippen LogP contribution in [0.4, 0.5) is 0 Å². The van der Waals surface area contributed by atoms with E-state index in [4.69, 9.17) is 0 Å². The van der Waals surface area contributed by atoms with Crippen LogP contribution in [0, 0.1) is 0 Å². The minimum Gasteiger partial charge on any atom is -0.338 e. The molecule has 0 aliphatic rings. The fraction of sp³-hybridized carbons (Fsp3) is 0.333. The van der Waals surface area contributed by atoms with Gasteiger partial charge in [0.05, 0.1) is 0 Å². The Morgan fingerprint density at radius 1 is 1.20 bits per heavy atom. The Labute approximate surface area is 117 Å². The molecular formula is C15H19N3O2. The molecule has 2 aromatic rings. The van der Waals surface area contributed by atoms with E-state index in [0.717, 1.165) is 10.9 Å².